The summed E-state index contributed by atoms with van der Waals surface area (Å²) >= 11 is 0. The topological polar surface area (TPSA) is 79.8 Å². The van der Waals surface area contributed by atoms with Gasteiger partial charge >= 0.3 is 5.97 Å². The zero-order chi connectivity index (χ0) is 18.8. The summed E-state index contributed by atoms with van der Waals surface area (Å²) in [6, 6.07) is 0.322. The number of carbonyl (C=O) groups is 1. The zero-order valence-electron chi connectivity index (χ0n) is 16.7. The maximum Gasteiger partial charge on any atom is 0.306 e. The van der Waals surface area contributed by atoms with Gasteiger partial charge in [-0.2, -0.15) is 0 Å². The highest BCUT2D eigenvalue weighted by Crippen LogP contribution is 2.23. The number of rotatable bonds is 8. The molecular weight excluding hydrogens is 477 g/mol. The maximum atomic E-state index is 12.1. The van der Waals surface area contributed by atoms with E-state index in [1.807, 2.05) is 6.92 Å². The van der Waals surface area contributed by atoms with E-state index in [1.165, 1.54) is 12.8 Å². The highest BCUT2D eigenvalue weighted by molar-refractivity contribution is 14.0. The standard InChI is InChI=1S/C19H35N3O3S.HI/c1-3-26(24)17-11-6-8-15(14-17)22-19(20-2)21-13-7-12-18(23)25-16-9-4-5-10-16;/h15-17H,3-14H2,1-2H3,(H2,20,21,22);1H. The molecular formula is C19H36IN3O3S. The van der Waals surface area contributed by atoms with E-state index < -0.39 is 10.8 Å². The predicted molar refractivity (Wildman–Crippen MR) is 122 cm³/mol. The second kappa shape index (κ2) is 13.7. The molecule has 0 spiro atoms. The average molecular weight is 513 g/mol. The molecule has 0 amide bonds. The molecule has 3 atom stereocenters. The molecule has 2 saturated carbocycles. The molecule has 0 saturated heterocycles. The quantitative estimate of drug-likeness (QED) is 0.172. The smallest absolute Gasteiger partial charge is 0.306 e. The largest absolute Gasteiger partial charge is 0.462 e. The third-order valence-corrected chi connectivity index (χ3v) is 7.04. The van der Waals surface area contributed by atoms with Gasteiger partial charge in [0.1, 0.15) is 6.10 Å². The Bertz CT molecular complexity index is 499. The molecule has 27 heavy (non-hydrogen) atoms. The molecule has 0 aliphatic heterocycles. The lowest BCUT2D eigenvalue weighted by Crippen LogP contribution is -2.46. The van der Waals surface area contributed by atoms with Gasteiger partial charge in [-0.05, 0) is 51.4 Å². The Labute approximate surface area is 183 Å². The first-order chi connectivity index (χ1) is 12.6. The summed E-state index contributed by atoms with van der Waals surface area (Å²) in [7, 11) is 1.04. The summed E-state index contributed by atoms with van der Waals surface area (Å²) in [5.41, 5.74) is 0. The van der Waals surface area contributed by atoms with Crippen LogP contribution in [0.5, 0.6) is 0 Å². The van der Waals surface area contributed by atoms with E-state index in [9.17, 15) is 9.00 Å². The fraction of sp³-hybridized carbons (Fsp3) is 0.895. The number of halogens is 1. The van der Waals surface area contributed by atoms with Crippen molar-refractivity contribution in [1.29, 1.82) is 0 Å². The molecule has 158 valence electrons. The van der Waals surface area contributed by atoms with E-state index >= 15 is 0 Å². The van der Waals surface area contributed by atoms with Gasteiger partial charge in [-0.25, -0.2) is 0 Å². The Morgan fingerprint density at radius 3 is 2.59 bits per heavy atom. The van der Waals surface area contributed by atoms with Crippen molar-refractivity contribution in [2.75, 3.05) is 19.3 Å². The number of nitrogens with one attached hydrogen (secondary N) is 2. The maximum absolute atomic E-state index is 12.1. The molecule has 0 aromatic heterocycles. The van der Waals surface area contributed by atoms with Crippen molar-refractivity contribution in [1.82, 2.24) is 10.6 Å². The summed E-state index contributed by atoms with van der Waals surface area (Å²) in [4.78, 5) is 16.1. The van der Waals surface area contributed by atoms with Crippen molar-refractivity contribution in [2.45, 2.75) is 88.5 Å². The van der Waals surface area contributed by atoms with E-state index in [4.69, 9.17) is 4.74 Å². The number of ether oxygens (including phenoxy) is 1. The van der Waals surface area contributed by atoms with Gasteiger partial charge in [0, 0.05) is 47.9 Å². The lowest BCUT2D eigenvalue weighted by atomic mass is 9.95. The van der Waals surface area contributed by atoms with Gasteiger partial charge in [0.2, 0.25) is 0 Å². The van der Waals surface area contributed by atoms with E-state index in [0.29, 0.717) is 24.3 Å². The molecule has 6 nitrogen and oxygen atoms in total. The fourth-order valence-corrected chi connectivity index (χ4v) is 5.18. The van der Waals surface area contributed by atoms with Crippen LogP contribution in [0.3, 0.4) is 0 Å². The van der Waals surface area contributed by atoms with Crippen LogP contribution in [-0.2, 0) is 20.3 Å². The van der Waals surface area contributed by atoms with Crippen molar-refractivity contribution in [3.05, 3.63) is 0 Å². The van der Waals surface area contributed by atoms with Crippen LogP contribution in [0.25, 0.3) is 0 Å². The van der Waals surface area contributed by atoms with Crippen LogP contribution in [0, 0.1) is 0 Å². The fourth-order valence-electron chi connectivity index (χ4n) is 3.83. The van der Waals surface area contributed by atoms with E-state index in [2.05, 4.69) is 15.6 Å². The third-order valence-electron chi connectivity index (χ3n) is 5.30. The van der Waals surface area contributed by atoms with Crippen molar-refractivity contribution in [3.63, 3.8) is 0 Å². The minimum atomic E-state index is -0.717. The van der Waals surface area contributed by atoms with Gasteiger partial charge in [-0.3, -0.25) is 14.0 Å². The first-order valence-corrected chi connectivity index (χ1v) is 11.5. The van der Waals surface area contributed by atoms with Gasteiger partial charge < -0.3 is 15.4 Å². The van der Waals surface area contributed by atoms with Gasteiger partial charge in [-0.15, -0.1) is 24.0 Å². The SMILES string of the molecule is CCS(=O)C1CCCC(NC(=NC)NCCCC(=O)OC2CCCC2)C1.I. The van der Waals surface area contributed by atoms with Gasteiger partial charge in [0.25, 0.3) is 0 Å². The highest BCUT2D eigenvalue weighted by Gasteiger charge is 2.26. The Balaban J connectivity index is 0.00000364. The van der Waals surface area contributed by atoms with Crippen LogP contribution in [0.15, 0.2) is 4.99 Å². The van der Waals surface area contributed by atoms with Crippen molar-refractivity contribution in [3.8, 4) is 0 Å². The Hall–Kier alpha value is -0.380. The summed E-state index contributed by atoms with van der Waals surface area (Å²) in [6.07, 6.45) is 9.92. The van der Waals surface area contributed by atoms with Crippen LogP contribution in [0.1, 0.15) is 71.1 Å². The van der Waals surface area contributed by atoms with Crippen LogP contribution in [-0.4, -0.2) is 52.9 Å². The van der Waals surface area contributed by atoms with Gasteiger partial charge in [-0.1, -0.05) is 13.3 Å². The monoisotopic (exact) mass is 513 g/mol. The highest BCUT2D eigenvalue weighted by atomic mass is 127. The van der Waals surface area contributed by atoms with Crippen LogP contribution >= 0.6 is 24.0 Å². The number of guanidine groups is 1. The number of aliphatic imine (C=N–C) groups is 1. The van der Waals surface area contributed by atoms with Crippen molar-refractivity contribution < 1.29 is 13.7 Å². The second-order valence-electron chi connectivity index (χ2n) is 7.30. The van der Waals surface area contributed by atoms with Crippen molar-refractivity contribution >= 4 is 46.7 Å². The Kier molecular flexibility index (Phi) is 12.5. The minimum Gasteiger partial charge on any atom is -0.462 e. The first-order valence-electron chi connectivity index (χ1n) is 10.2. The number of hydrogen-bond acceptors (Lipinski definition) is 4. The van der Waals surface area contributed by atoms with Crippen LogP contribution < -0.4 is 10.6 Å². The van der Waals surface area contributed by atoms with Crippen LogP contribution in [0.4, 0.5) is 0 Å². The molecule has 0 bridgehead atoms. The molecule has 2 fully saturated rings. The van der Waals surface area contributed by atoms with Gasteiger partial charge in [0.05, 0.1) is 0 Å². The normalized spacial score (nSPS) is 24.7. The molecule has 0 aromatic rings. The molecule has 0 aromatic carbocycles. The molecule has 2 rings (SSSR count). The lowest BCUT2D eigenvalue weighted by molar-refractivity contribution is -0.148. The van der Waals surface area contributed by atoms with E-state index in [1.54, 1.807) is 7.05 Å². The number of carbonyl (C=O) groups excluding carboxylic acids is 1. The molecule has 0 heterocycles. The molecule has 2 aliphatic rings. The zero-order valence-corrected chi connectivity index (χ0v) is 19.9. The number of hydrogen-bond donors (Lipinski definition) is 2. The third kappa shape index (κ3) is 9.11. The first kappa shape index (κ1) is 24.7. The number of nitrogens with zero attached hydrogens (tertiary/aromatic N) is 1. The summed E-state index contributed by atoms with van der Waals surface area (Å²) in [6.45, 7) is 2.68. The minimum absolute atomic E-state index is 0. The number of esters is 1. The Morgan fingerprint density at radius 1 is 1.19 bits per heavy atom. The van der Waals surface area contributed by atoms with E-state index in [-0.39, 0.29) is 36.0 Å². The molecule has 8 heteroatoms. The van der Waals surface area contributed by atoms with E-state index in [0.717, 1.165) is 56.7 Å². The average Bonchev–Trinajstić information content (AvgIpc) is 3.16. The Morgan fingerprint density at radius 2 is 1.93 bits per heavy atom. The molecule has 2 aliphatic carbocycles. The lowest BCUT2D eigenvalue weighted by Gasteiger charge is -2.30. The molecule has 0 radical (unpaired) electrons. The summed E-state index contributed by atoms with van der Waals surface area (Å²) in [5, 5.41) is 7.03. The van der Waals surface area contributed by atoms with Crippen molar-refractivity contribution in [2.24, 2.45) is 4.99 Å². The molecule has 3 unspecified atom stereocenters. The summed E-state index contributed by atoms with van der Waals surface area (Å²) < 4.78 is 17.5. The van der Waals surface area contributed by atoms with Gasteiger partial charge in [0.15, 0.2) is 5.96 Å². The molecule has 2 N–H and O–H groups in total. The summed E-state index contributed by atoms with van der Waals surface area (Å²) in [5.74, 6) is 1.42. The predicted octanol–water partition coefficient (Wildman–Crippen LogP) is 3.12. The second-order valence-corrected chi connectivity index (χ2v) is 9.30. The van der Waals surface area contributed by atoms with Crippen LogP contribution in [0.2, 0.25) is 0 Å².